The Kier molecular flexibility index (Phi) is 2.75. The van der Waals surface area contributed by atoms with Gasteiger partial charge in [0.1, 0.15) is 11.3 Å². The summed E-state index contributed by atoms with van der Waals surface area (Å²) in [5.74, 6) is 0.783. The molecule has 0 saturated heterocycles. The van der Waals surface area contributed by atoms with Crippen molar-refractivity contribution in [3.05, 3.63) is 34.8 Å². The third-order valence-electron chi connectivity index (χ3n) is 2.43. The fraction of sp³-hybridized carbons (Fsp3) is 0.333. The first-order valence-electron chi connectivity index (χ1n) is 5.42. The standard InChI is InChI=1S/C12H14N4O/c1-6(2)8-9-10(12(17)14-5-13-9)16-11(15-8)7(3)4/h5,7H,1H2,2-4H3,(H,13,14,17). The number of nitrogens with zero attached hydrogens (tertiary/aromatic N) is 3. The van der Waals surface area contributed by atoms with Crippen LogP contribution in [-0.2, 0) is 0 Å². The van der Waals surface area contributed by atoms with E-state index in [2.05, 4.69) is 26.5 Å². The molecule has 5 heteroatoms. The zero-order valence-corrected chi connectivity index (χ0v) is 10.1. The van der Waals surface area contributed by atoms with Gasteiger partial charge in [0.25, 0.3) is 5.56 Å². The number of H-pyrrole nitrogens is 1. The van der Waals surface area contributed by atoms with E-state index >= 15 is 0 Å². The molecule has 0 aromatic carbocycles. The average molecular weight is 230 g/mol. The monoisotopic (exact) mass is 230 g/mol. The van der Waals surface area contributed by atoms with Gasteiger partial charge in [-0.3, -0.25) is 4.79 Å². The number of hydrogen-bond acceptors (Lipinski definition) is 4. The van der Waals surface area contributed by atoms with Crippen LogP contribution in [0.3, 0.4) is 0 Å². The highest BCUT2D eigenvalue weighted by atomic mass is 16.1. The highest BCUT2D eigenvalue weighted by molar-refractivity contribution is 5.84. The summed E-state index contributed by atoms with van der Waals surface area (Å²) in [5, 5.41) is 0. The topological polar surface area (TPSA) is 71.5 Å². The lowest BCUT2D eigenvalue weighted by Crippen LogP contribution is -2.13. The summed E-state index contributed by atoms with van der Waals surface area (Å²) < 4.78 is 0. The normalized spacial score (nSPS) is 11.1. The molecule has 2 aromatic heterocycles. The lowest BCUT2D eigenvalue weighted by atomic mass is 10.1. The molecule has 0 fully saturated rings. The molecule has 0 spiro atoms. The Morgan fingerprint density at radius 2 is 2.06 bits per heavy atom. The van der Waals surface area contributed by atoms with Crippen molar-refractivity contribution in [1.82, 2.24) is 19.9 Å². The number of hydrogen-bond donors (Lipinski definition) is 1. The second-order valence-electron chi connectivity index (χ2n) is 4.29. The van der Waals surface area contributed by atoms with Crippen molar-refractivity contribution in [2.24, 2.45) is 0 Å². The number of nitrogens with one attached hydrogen (secondary N) is 1. The maximum Gasteiger partial charge on any atom is 0.277 e. The Labute approximate surface area is 98.7 Å². The van der Waals surface area contributed by atoms with Crippen LogP contribution >= 0.6 is 0 Å². The molecular weight excluding hydrogens is 216 g/mol. The van der Waals surface area contributed by atoms with Crippen LogP contribution in [-0.4, -0.2) is 19.9 Å². The number of fused-ring (bicyclic) bond motifs is 1. The molecular formula is C12H14N4O. The summed E-state index contributed by atoms with van der Waals surface area (Å²) in [6.45, 7) is 9.67. The summed E-state index contributed by atoms with van der Waals surface area (Å²) in [7, 11) is 0. The Bertz CT molecular complexity index is 642. The van der Waals surface area contributed by atoms with Crippen LogP contribution in [0, 0.1) is 0 Å². The van der Waals surface area contributed by atoms with Crippen molar-refractivity contribution >= 4 is 16.6 Å². The minimum Gasteiger partial charge on any atom is -0.311 e. The van der Waals surface area contributed by atoms with E-state index in [0.717, 1.165) is 5.57 Å². The third-order valence-corrected chi connectivity index (χ3v) is 2.43. The molecule has 1 N–H and O–H groups in total. The average Bonchev–Trinajstić information content (AvgIpc) is 2.28. The Morgan fingerprint density at radius 1 is 1.35 bits per heavy atom. The third kappa shape index (κ3) is 1.95. The van der Waals surface area contributed by atoms with Gasteiger partial charge < -0.3 is 4.98 Å². The fourth-order valence-electron chi connectivity index (χ4n) is 1.53. The van der Waals surface area contributed by atoms with Gasteiger partial charge in [0.2, 0.25) is 0 Å². The summed E-state index contributed by atoms with van der Waals surface area (Å²) in [4.78, 5) is 27.0. The van der Waals surface area contributed by atoms with Gasteiger partial charge in [-0.25, -0.2) is 15.0 Å². The van der Waals surface area contributed by atoms with Gasteiger partial charge in [-0.15, -0.1) is 0 Å². The van der Waals surface area contributed by atoms with Crippen molar-refractivity contribution in [3.63, 3.8) is 0 Å². The van der Waals surface area contributed by atoms with E-state index in [1.807, 2.05) is 20.8 Å². The van der Waals surface area contributed by atoms with E-state index in [1.165, 1.54) is 6.33 Å². The summed E-state index contributed by atoms with van der Waals surface area (Å²) >= 11 is 0. The molecule has 0 aliphatic heterocycles. The van der Waals surface area contributed by atoms with E-state index in [4.69, 9.17) is 0 Å². The molecule has 0 bridgehead atoms. The minimum atomic E-state index is -0.248. The van der Waals surface area contributed by atoms with Crippen LogP contribution in [0.5, 0.6) is 0 Å². The van der Waals surface area contributed by atoms with Gasteiger partial charge in [-0.2, -0.15) is 0 Å². The fourth-order valence-corrected chi connectivity index (χ4v) is 1.53. The van der Waals surface area contributed by atoms with Gasteiger partial charge in [0, 0.05) is 5.92 Å². The molecule has 17 heavy (non-hydrogen) atoms. The van der Waals surface area contributed by atoms with E-state index < -0.39 is 0 Å². The molecule has 0 aliphatic carbocycles. The number of aromatic amines is 1. The smallest absolute Gasteiger partial charge is 0.277 e. The van der Waals surface area contributed by atoms with Crippen LogP contribution in [0.25, 0.3) is 16.6 Å². The maximum atomic E-state index is 11.7. The highest BCUT2D eigenvalue weighted by Gasteiger charge is 2.13. The van der Waals surface area contributed by atoms with Gasteiger partial charge >= 0.3 is 0 Å². The van der Waals surface area contributed by atoms with Crippen molar-refractivity contribution in [2.45, 2.75) is 26.7 Å². The molecule has 2 rings (SSSR count). The van der Waals surface area contributed by atoms with Gasteiger partial charge in [0.05, 0.1) is 12.0 Å². The van der Waals surface area contributed by atoms with Gasteiger partial charge in [-0.1, -0.05) is 20.4 Å². The first-order valence-corrected chi connectivity index (χ1v) is 5.42. The molecule has 0 saturated carbocycles. The van der Waals surface area contributed by atoms with E-state index in [-0.39, 0.29) is 11.5 Å². The van der Waals surface area contributed by atoms with Crippen LogP contribution in [0.2, 0.25) is 0 Å². The zero-order valence-electron chi connectivity index (χ0n) is 10.1. The van der Waals surface area contributed by atoms with Gasteiger partial charge in [-0.05, 0) is 12.5 Å². The van der Waals surface area contributed by atoms with Crippen molar-refractivity contribution < 1.29 is 0 Å². The Balaban J connectivity index is 2.91. The van der Waals surface area contributed by atoms with Crippen LogP contribution in [0.15, 0.2) is 17.7 Å². The van der Waals surface area contributed by atoms with Crippen LogP contribution in [0.1, 0.15) is 38.2 Å². The van der Waals surface area contributed by atoms with E-state index in [0.29, 0.717) is 22.6 Å². The SMILES string of the molecule is C=C(C)c1nc(C(C)C)nc2c(=O)[nH]cnc12. The molecule has 0 atom stereocenters. The Hall–Kier alpha value is -2.04. The molecule has 2 aromatic rings. The largest absolute Gasteiger partial charge is 0.311 e. The molecule has 2 heterocycles. The predicted octanol–water partition coefficient (Wildman–Crippen LogP) is 1.87. The van der Waals surface area contributed by atoms with Crippen molar-refractivity contribution in [2.75, 3.05) is 0 Å². The van der Waals surface area contributed by atoms with Crippen LogP contribution in [0.4, 0.5) is 0 Å². The second kappa shape index (κ2) is 4.08. The van der Waals surface area contributed by atoms with Crippen LogP contribution < -0.4 is 5.56 Å². The zero-order chi connectivity index (χ0) is 12.6. The van der Waals surface area contributed by atoms with Gasteiger partial charge in [0.15, 0.2) is 5.52 Å². The lowest BCUT2D eigenvalue weighted by Gasteiger charge is -2.08. The molecule has 0 radical (unpaired) electrons. The summed E-state index contributed by atoms with van der Waals surface area (Å²) in [6, 6.07) is 0. The molecule has 0 unspecified atom stereocenters. The summed E-state index contributed by atoms with van der Waals surface area (Å²) in [6.07, 6.45) is 1.36. The number of rotatable bonds is 2. The van der Waals surface area contributed by atoms with Crippen molar-refractivity contribution in [1.29, 1.82) is 0 Å². The molecule has 0 aliphatic rings. The predicted molar refractivity (Wildman–Crippen MR) is 66.8 cm³/mol. The number of aromatic nitrogens is 4. The number of allylic oxidation sites excluding steroid dienone is 1. The quantitative estimate of drug-likeness (QED) is 0.854. The second-order valence-corrected chi connectivity index (χ2v) is 4.29. The van der Waals surface area contributed by atoms with E-state index in [1.54, 1.807) is 0 Å². The lowest BCUT2D eigenvalue weighted by molar-refractivity contribution is 0.778. The molecule has 88 valence electrons. The Morgan fingerprint density at radius 3 is 2.65 bits per heavy atom. The maximum absolute atomic E-state index is 11.7. The first kappa shape index (κ1) is 11.4. The molecule has 0 amide bonds. The molecule has 5 nitrogen and oxygen atoms in total. The van der Waals surface area contributed by atoms with Crippen molar-refractivity contribution in [3.8, 4) is 0 Å². The van der Waals surface area contributed by atoms with E-state index in [9.17, 15) is 4.79 Å². The first-order chi connectivity index (χ1) is 8.00. The minimum absolute atomic E-state index is 0.150. The highest BCUT2D eigenvalue weighted by Crippen LogP contribution is 2.19. The summed E-state index contributed by atoms with van der Waals surface area (Å²) in [5.41, 5.74) is 2.00.